The molecule has 5 heteroatoms. The van der Waals surface area contributed by atoms with Gasteiger partial charge in [-0.2, -0.15) is 0 Å². The third kappa shape index (κ3) is 4.63. The fourth-order valence-electron chi connectivity index (χ4n) is 3.26. The Hall–Kier alpha value is -1.27. The maximum atomic E-state index is 5.79. The standard InChI is InChI=1S/C19H27N3OS/c1-15-6-4-5-7-18(15)19-20-10-17(24-19)13-22-8-9-23-14-16(12-22)11-21(2)3/h4-7,10,16H,8-9,11-14H2,1-3H3. The fourth-order valence-corrected chi connectivity index (χ4v) is 4.31. The molecule has 3 rings (SSSR count). The van der Waals surface area contributed by atoms with Crippen molar-refractivity contribution in [1.82, 2.24) is 14.8 Å². The van der Waals surface area contributed by atoms with E-state index in [1.165, 1.54) is 16.0 Å². The number of rotatable bonds is 5. The highest BCUT2D eigenvalue weighted by molar-refractivity contribution is 7.15. The Labute approximate surface area is 149 Å². The summed E-state index contributed by atoms with van der Waals surface area (Å²) >= 11 is 1.81. The van der Waals surface area contributed by atoms with E-state index in [0.29, 0.717) is 5.92 Å². The van der Waals surface area contributed by atoms with E-state index < -0.39 is 0 Å². The highest BCUT2D eigenvalue weighted by atomic mass is 32.1. The molecule has 1 atom stereocenters. The number of nitrogens with zero attached hydrogens (tertiary/aromatic N) is 3. The first-order valence-corrected chi connectivity index (χ1v) is 9.39. The highest BCUT2D eigenvalue weighted by Gasteiger charge is 2.20. The summed E-state index contributed by atoms with van der Waals surface area (Å²) in [5.41, 5.74) is 2.53. The lowest BCUT2D eigenvalue weighted by Gasteiger charge is -2.24. The molecule has 2 heterocycles. The summed E-state index contributed by atoms with van der Waals surface area (Å²) in [7, 11) is 4.26. The van der Waals surface area contributed by atoms with E-state index >= 15 is 0 Å². The molecule has 1 saturated heterocycles. The number of benzene rings is 1. The van der Waals surface area contributed by atoms with Crippen LogP contribution in [-0.2, 0) is 11.3 Å². The smallest absolute Gasteiger partial charge is 0.123 e. The van der Waals surface area contributed by atoms with Crippen LogP contribution in [0.1, 0.15) is 10.4 Å². The Morgan fingerprint density at radius 1 is 1.33 bits per heavy atom. The van der Waals surface area contributed by atoms with E-state index in [-0.39, 0.29) is 0 Å². The minimum absolute atomic E-state index is 0.575. The summed E-state index contributed by atoms with van der Waals surface area (Å²) in [4.78, 5) is 10.7. The number of hydrogen-bond donors (Lipinski definition) is 0. The first-order valence-electron chi connectivity index (χ1n) is 8.57. The predicted molar refractivity (Wildman–Crippen MR) is 100 cm³/mol. The second kappa shape index (κ2) is 8.21. The van der Waals surface area contributed by atoms with Crippen LogP contribution in [0.25, 0.3) is 10.6 Å². The van der Waals surface area contributed by atoms with Gasteiger partial charge in [0.15, 0.2) is 0 Å². The van der Waals surface area contributed by atoms with Crippen molar-refractivity contribution in [3.8, 4) is 10.6 Å². The Balaban J connectivity index is 1.66. The van der Waals surface area contributed by atoms with E-state index in [2.05, 4.69) is 60.1 Å². The van der Waals surface area contributed by atoms with Gasteiger partial charge in [0, 0.05) is 48.7 Å². The van der Waals surface area contributed by atoms with E-state index in [9.17, 15) is 0 Å². The van der Waals surface area contributed by atoms with Gasteiger partial charge in [-0.25, -0.2) is 4.98 Å². The normalized spacial score (nSPS) is 19.6. The first-order chi connectivity index (χ1) is 11.6. The molecule has 1 aliphatic rings. The summed E-state index contributed by atoms with van der Waals surface area (Å²) in [5.74, 6) is 0.575. The molecule has 0 spiro atoms. The Kier molecular flexibility index (Phi) is 6.00. The van der Waals surface area contributed by atoms with Crippen molar-refractivity contribution in [2.24, 2.45) is 5.92 Å². The van der Waals surface area contributed by atoms with Crippen LogP contribution >= 0.6 is 11.3 Å². The van der Waals surface area contributed by atoms with E-state index in [0.717, 1.165) is 44.4 Å². The monoisotopic (exact) mass is 345 g/mol. The molecule has 1 aliphatic heterocycles. The maximum absolute atomic E-state index is 5.79. The molecule has 0 N–H and O–H groups in total. The van der Waals surface area contributed by atoms with Crippen molar-refractivity contribution >= 4 is 11.3 Å². The topological polar surface area (TPSA) is 28.6 Å². The van der Waals surface area contributed by atoms with Gasteiger partial charge in [0.25, 0.3) is 0 Å². The second-order valence-corrected chi connectivity index (χ2v) is 8.00. The van der Waals surface area contributed by atoms with Crippen molar-refractivity contribution in [3.05, 3.63) is 40.9 Å². The van der Waals surface area contributed by atoms with Crippen molar-refractivity contribution in [2.45, 2.75) is 13.5 Å². The molecule has 24 heavy (non-hydrogen) atoms. The summed E-state index contributed by atoms with van der Waals surface area (Å²) in [6.07, 6.45) is 2.04. The quantitative estimate of drug-likeness (QED) is 0.832. The van der Waals surface area contributed by atoms with E-state index in [1.807, 2.05) is 17.5 Å². The number of aryl methyl sites for hydroxylation is 1. The molecule has 1 aromatic carbocycles. The van der Waals surface area contributed by atoms with Crippen LogP contribution in [0.15, 0.2) is 30.5 Å². The van der Waals surface area contributed by atoms with Crippen LogP contribution in [0.2, 0.25) is 0 Å². The zero-order valence-electron chi connectivity index (χ0n) is 14.9. The molecular weight excluding hydrogens is 318 g/mol. The first kappa shape index (κ1) is 17.5. The van der Waals surface area contributed by atoms with E-state index in [1.54, 1.807) is 0 Å². The van der Waals surface area contributed by atoms with Gasteiger partial charge < -0.3 is 9.64 Å². The van der Waals surface area contributed by atoms with Crippen LogP contribution in [0.3, 0.4) is 0 Å². The molecule has 0 amide bonds. The van der Waals surface area contributed by atoms with Crippen LogP contribution in [0, 0.1) is 12.8 Å². The predicted octanol–water partition coefficient (Wildman–Crippen LogP) is 3.13. The Bertz CT molecular complexity index is 656. The highest BCUT2D eigenvalue weighted by Crippen LogP contribution is 2.28. The zero-order valence-corrected chi connectivity index (χ0v) is 15.7. The molecule has 0 bridgehead atoms. The summed E-state index contributed by atoms with van der Waals surface area (Å²) in [5, 5.41) is 1.12. The molecule has 4 nitrogen and oxygen atoms in total. The maximum Gasteiger partial charge on any atom is 0.123 e. The molecule has 1 unspecified atom stereocenters. The molecule has 2 aromatic rings. The lowest BCUT2D eigenvalue weighted by atomic mass is 10.1. The van der Waals surface area contributed by atoms with Crippen LogP contribution in [0.4, 0.5) is 0 Å². The number of hydrogen-bond acceptors (Lipinski definition) is 5. The van der Waals surface area contributed by atoms with Crippen LogP contribution in [0.5, 0.6) is 0 Å². The number of ether oxygens (including phenoxy) is 1. The molecule has 0 saturated carbocycles. The number of thiazole rings is 1. The molecule has 1 aromatic heterocycles. The minimum Gasteiger partial charge on any atom is -0.380 e. The average Bonchev–Trinajstić information content (AvgIpc) is 2.88. The minimum atomic E-state index is 0.575. The van der Waals surface area contributed by atoms with Crippen molar-refractivity contribution in [3.63, 3.8) is 0 Å². The molecule has 0 aliphatic carbocycles. The van der Waals surface area contributed by atoms with Gasteiger partial charge in [-0.1, -0.05) is 24.3 Å². The van der Waals surface area contributed by atoms with Crippen LogP contribution in [-0.4, -0.2) is 61.7 Å². The van der Waals surface area contributed by atoms with Gasteiger partial charge >= 0.3 is 0 Å². The second-order valence-electron chi connectivity index (χ2n) is 6.88. The lowest BCUT2D eigenvalue weighted by molar-refractivity contribution is 0.112. The zero-order chi connectivity index (χ0) is 16.9. The van der Waals surface area contributed by atoms with Gasteiger partial charge in [-0.3, -0.25) is 4.90 Å². The third-order valence-corrected chi connectivity index (χ3v) is 5.37. The number of aromatic nitrogens is 1. The summed E-state index contributed by atoms with van der Waals surface area (Å²) < 4.78 is 5.79. The van der Waals surface area contributed by atoms with Crippen molar-refractivity contribution in [2.75, 3.05) is 46.9 Å². The van der Waals surface area contributed by atoms with Gasteiger partial charge in [0.05, 0.1) is 13.2 Å². The SMILES string of the molecule is Cc1ccccc1-c1ncc(CN2CCOCC(CN(C)C)C2)s1. The van der Waals surface area contributed by atoms with Gasteiger partial charge in [-0.15, -0.1) is 11.3 Å². The largest absolute Gasteiger partial charge is 0.380 e. The molecular formula is C19H27N3OS. The summed E-state index contributed by atoms with van der Waals surface area (Å²) in [6.45, 7) is 7.98. The van der Waals surface area contributed by atoms with Gasteiger partial charge in [0.1, 0.15) is 5.01 Å². The van der Waals surface area contributed by atoms with E-state index in [4.69, 9.17) is 4.74 Å². The Morgan fingerprint density at radius 2 is 2.17 bits per heavy atom. The third-order valence-electron chi connectivity index (χ3n) is 4.35. The molecule has 1 fully saturated rings. The molecule has 130 valence electrons. The lowest BCUT2D eigenvalue weighted by Crippen LogP contribution is -2.34. The van der Waals surface area contributed by atoms with Gasteiger partial charge in [0.2, 0.25) is 0 Å². The van der Waals surface area contributed by atoms with Crippen molar-refractivity contribution < 1.29 is 4.74 Å². The average molecular weight is 346 g/mol. The van der Waals surface area contributed by atoms with Crippen molar-refractivity contribution in [1.29, 1.82) is 0 Å². The molecule has 0 radical (unpaired) electrons. The van der Waals surface area contributed by atoms with Gasteiger partial charge in [-0.05, 0) is 26.6 Å². The van der Waals surface area contributed by atoms with Crippen LogP contribution < -0.4 is 0 Å². The fraction of sp³-hybridized carbons (Fsp3) is 0.526. The Morgan fingerprint density at radius 3 is 2.96 bits per heavy atom. The summed E-state index contributed by atoms with van der Waals surface area (Å²) in [6, 6.07) is 8.47.